The van der Waals surface area contributed by atoms with Gasteiger partial charge in [-0.1, -0.05) is 24.0 Å². The Kier molecular flexibility index (Phi) is 7.61. The topological polar surface area (TPSA) is 27.7 Å². The third kappa shape index (κ3) is 5.33. The van der Waals surface area contributed by atoms with Crippen molar-refractivity contribution in [1.29, 1.82) is 0 Å². The molecule has 32 heavy (non-hydrogen) atoms. The van der Waals surface area contributed by atoms with Crippen LogP contribution in [0.5, 0.6) is 17.2 Å². The van der Waals surface area contributed by atoms with Crippen LogP contribution >= 0.6 is 0 Å². The van der Waals surface area contributed by atoms with Crippen LogP contribution in [0, 0.1) is 35.1 Å². The number of rotatable bonds is 7. The molecule has 0 fully saturated rings. The first kappa shape index (κ1) is 23.0. The van der Waals surface area contributed by atoms with Crippen molar-refractivity contribution in [1.82, 2.24) is 0 Å². The molecule has 0 radical (unpaired) electrons. The largest absolute Gasteiger partial charge is 0.491 e. The maximum absolute atomic E-state index is 14.1. The molecule has 0 N–H and O–H groups in total. The van der Waals surface area contributed by atoms with Crippen LogP contribution in [0.4, 0.5) is 17.6 Å². The van der Waals surface area contributed by atoms with Gasteiger partial charge in [0.15, 0.2) is 23.1 Å². The molecule has 3 nitrogen and oxygen atoms in total. The van der Waals surface area contributed by atoms with Crippen molar-refractivity contribution < 1.29 is 31.8 Å². The average Bonchev–Trinajstić information content (AvgIpc) is 2.80. The normalized spacial score (nSPS) is 10.3. The van der Waals surface area contributed by atoms with E-state index in [0.29, 0.717) is 11.1 Å². The lowest BCUT2D eigenvalue weighted by molar-refractivity contribution is 0.274. The van der Waals surface area contributed by atoms with Gasteiger partial charge in [0.2, 0.25) is 17.5 Å². The fourth-order valence-electron chi connectivity index (χ4n) is 2.77. The predicted octanol–water partition coefficient (Wildman–Crippen LogP) is 6.02. The van der Waals surface area contributed by atoms with Gasteiger partial charge in [0.1, 0.15) is 6.61 Å². The zero-order valence-electron chi connectivity index (χ0n) is 17.5. The summed E-state index contributed by atoms with van der Waals surface area (Å²) in [6.45, 7) is 3.77. The number of ether oxygens (including phenoxy) is 3. The van der Waals surface area contributed by atoms with Gasteiger partial charge in [0, 0.05) is 5.56 Å². The molecule has 3 aromatic carbocycles. The van der Waals surface area contributed by atoms with Crippen molar-refractivity contribution in [3.05, 3.63) is 88.5 Å². The molecule has 0 aliphatic heterocycles. The highest BCUT2D eigenvalue weighted by Gasteiger charge is 2.16. The Morgan fingerprint density at radius 1 is 0.594 bits per heavy atom. The number of hydrogen-bond acceptors (Lipinski definition) is 3. The first-order valence-corrected chi connectivity index (χ1v) is 9.89. The zero-order valence-corrected chi connectivity index (χ0v) is 17.5. The van der Waals surface area contributed by atoms with Crippen molar-refractivity contribution in [3.63, 3.8) is 0 Å². The van der Waals surface area contributed by atoms with Crippen LogP contribution < -0.4 is 14.2 Å². The molecule has 166 valence electrons. The first-order valence-electron chi connectivity index (χ1n) is 9.89. The SMILES string of the molecule is CCOc1ccc(C#Cc2ccc(COc3ccc(OCC)c(F)c3F)cc2)c(F)c1F. The van der Waals surface area contributed by atoms with Gasteiger partial charge in [0.25, 0.3) is 0 Å². The Morgan fingerprint density at radius 3 is 1.66 bits per heavy atom. The summed E-state index contributed by atoms with van der Waals surface area (Å²) in [5.74, 6) is 0.395. The van der Waals surface area contributed by atoms with Crippen LogP contribution in [-0.4, -0.2) is 13.2 Å². The second kappa shape index (κ2) is 10.6. The summed E-state index contributed by atoms with van der Waals surface area (Å²) >= 11 is 0. The molecular formula is C25H20F4O3. The average molecular weight is 444 g/mol. The van der Waals surface area contributed by atoms with E-state index in [1.54, 1.807) is 38.1 Å². The van der Waals surface area contributed by atoms with Crippen LogP contribution in [0.2, 0.25) is 0 Å². The molecule has 0 unspecified atom stereocenters. The molecule has 0 saturated heterocycles. The van der Waals surface area contributed by atoms with Gasteiger partial charge in [0.05, 0.1) is 18.8 Å². The Morgan fingerprint density at radius 2 is 1.09 bits per heavy atom. The van der Waals surface area contributed by atoms with E-state index in [-0.39, 0.29) is 42.6 Å². The summed E-state index contributed by atoms with van der Waals surface area (Å²) in [7, 11) is 0. The van der Waals surface area contributed by atoms with Gasteiger partial charge < -0.3 is 14.2 Å². The lowest BCUT2D eigenvalue weighted by atomic mass is 10.1. The molecule has 0 aliphatic carbocycles. The van der Waals surface area contributed by atoms with E-state index in [9.17, 15) is 17.6 Å². The second-order valence-electron chi connectivity index (χ2n) is 6.53. The lowest BCUT2D eigenvalue weighted by Crippen LogP contribution is -2.02. The van der Waals surface area contributed by atoms with Gasteiger partial charge in [-0.15, -0.1) is 0 Å². The van der Waals surface area contributed by atoms with Gasteiger partial charge in [-0.2, -0.15) is 13.2 Å². The molecule has 0 bridgehead atoms. The number of benzene rings is 3. The lowest BCUT2D eigenvalue weighted by Gasteiger charge is -2.10. The van der Waals surface area contributed by atoms with E-state index < -0.39 is 23.3 Å². The highest BCUT2D eigenvalue weighted by atomic mass is 19.2. The Labute approximate surface area is 183 Å². The summed E-state index contributed by atoms with van der Waals surface area (Å²) in [6.07, 6.45) is 0. The molecule has 0 atom stereocenters. The zero-order chi connectivity index (χ0) is 23.1. The predicted molar refractivity (Wildman–Crippen MR) is 112 cm³/mol. The van der Waals surface area contributed by atoms with E-state index in [4.69, 9.17) is 14.2 Å². The molecule has 3 aromatic rings. The summed E-state index contributed by atoms with van der Waals surface area (Å²) in [5.41, 5.74) is 1.15. The molecule has 3 rings (SSSR count). The monoisotopic (exact) mass is 444 g/mol. The third-order valence-corrected chi connectivity index (χ3v) is 4.35. The molecule has 0 amide bonds. The van der Waals surface area contributed by atoms with Crippen molar-refractivity contribution in [2.45, 2.75) is 20.5 Å². The fraction of sp³-hybridized carbons (Fsp3) is 0.200. The first-order chi connectivity index (χ1) is 15.4. The minimum absolute atomic E-state index is 0.00319. The van der Waals surface area contributed by atoms with E-state index >= 15 is 0 Å². The molecule has 0 aromatic heterocycles. The minimum Gasteiger partial charge on any atom is -0.491 e. The maximum atomic E-state index is 14.1. The smallest absolute Gasteiger partial charge is 0.204 e. The summed E-state index contributed by atoms with van der Waals surface area (Å²) in [5, 5.41) is 0. The standard InChI is InChI=1S/C25H20F4O3/c1-3-30-19-12-11-18(22(26)23(19)27)10-9-16-5-7-17(8-6-16)15-32-21-14-13-20(31-4-2)24(28)25(21)29/h5-8,11-14H,3-4,15H2,1-2H3. The van der Waals surface area contributed by atoms with E-state index in [2.05, 4.69) is 11.8 Å². The summed E-state index contributed by atoms with van der Waals surface area (Å²) < 4.78 is 71.4. The van der Waals surface area contributed by atoms with Crippen LogP contribution in [-0.2, 0) is 6.61 Å². The van der Waals surface area contributed by atoms with E-state index in [1.807, 2.05) is 0 Å². The number of hydrogen-bond donors (Lipinski definition) is 0. The highest BCUT2D eigenvalue weighted by molar-refractivity contribution is 5.46. The number of halogens is 4. The fourth-order valence-corrected chi connectivity index (χ4v) is 2.77. The van der Waals surface area contributed by atoms with Crippen LogP contribution in [0.25, 0.3) is 0 Å². The Bertz CT molecular complexity index is 1150. The van der Waals surface area contributed by atoms with E-state index in [0.717, 1.165) is 0 Å². The molecule has 7 heteroatoms. The quantitative estimate of drug-likeness (QED) is 0.330. The Balaban J connectivity index is 1.67. The Hall–Kier alpha value is -3.66. The molecule has 0 spiro atoms. The van der Waals surface area contributed by atoms with Crippen molar-refractivity contribution in [3.8, 4) is 29.1 Å². The third-order valence-electron chi connectivity index (χ3n) is 4.35. The van der Waals surface area contributed by atoms with Crippen molar-refractivity contribution in [2.75, 3.05) is 13.2 Å². The van der Waals surface area contributed by atoms with Gasteiger partial charge >= 0.3 is 0 Å². The van der Waals surface area contributed by atoms with Gasteiger partial charge in [-0.05, 0) is 55.8 Å². The molecular weight excluding hydrogens is 424 g/mol. The molecule has 0 heterocycles. The van der Waals surface area contributed by atoms with E-state index in [1.165, 1.54) is 24.3 Å². The van der Waals surface area contributed by atoms with Crippen LogP contribution in [0.1, 0.15) is 30.5 Å². The van der Waals surface area contributed by atoms with Gasteiger partial charge in [-0.25, -0.2) is 4.39 Å². The maximum Gasteiger partial charge on any atom is 0.204 e. The second-order valence-corrected chi connectivity index (χ2v) is 6.53. The van der Waals surface area contributed by atoms with Crippen LogP contribution in [0.3, 0.4) is 0 Å². The summed E-state index contributed by atoms with van der Waals surface area (Å²) in [6, 6.07) is 12.0. The highest BCUT2D eigenvalue weighted by Crippen LogP contribution is 2.28. The van der Waals surface area contributed by atoms with Gasteiger partial charge in [-0.3, -0.25) is 0 Å². The molecule has 0 aliphatic rings. The minimum atomic E-state index is -1.12. The van der Waals surface area contributed by atoms with Crippen LogP contribution in [0.15, 0.2) is 48.5 Å². The van der Waals surface area contributed by atoms with Crippen molar-refractivity contribution >= 4 is 0 Å². The summed E-state index contributed by atoms with van der Waals surface area (Å²) in [4.78, 5) is 0. The molecule has 0 saturated carbocycles. The van der Waals surface area contributed by atoms with Crippen molar-refractivity contribution in [2.24, 2.45) is 0 Å².